The summed E-state index contributed by atoms with van der Waals surface area (Å²) in [6, 6.07) is -0.859. The van der Waals surface area contributed by atoms with Crippen LogP contribution in [0.25, 0.3) is 0 Å². The summed E-state index contributed by atoms with van der Waals surface area (Å²) in [6.45, 7) is 7.01. The summed E-state index contributed by atoms with van der Waals surface area (Å²) in [4.78, 5) is 37.9. The molecule has 0 aromatic heterocycles. The number of quaternary nitrogens is 1. The van der Waals surface area contributed by atoms with Crippen molar-refractivity contribution in [2.75, 3.05) is 40.9 Å². The number of phosphoric ester groups is 1. The van der Waals surface area contributed by atoms with E-state index in [4.69, 9.17) is 13.8 Å². The van der Waals surface area contributed by atoms with Gasteiger partial charge in [0.2, 0.25) is 5.91 Å². The first kappa shape index (κ1) is 82.7. The number of nitrogens with zero attached hydrogens (tertiary/aromatic N) is 1. The maximum absolute atomic E-state index is 13.6. The Morgan fingerprint density at radius 3 is 1.09 bits per heavy atom. The average Bonchev–Trinajstić information content (AvgIpc) is 3.57. The molecule has 0 aliphatic carbocycles. The third-order valence-corrected chi connectivity index (χ3v) is 17.4. The summed E-state index contributed by atoms with van der Waals surface area (Å²) in [7, 11) is 1.49. The number of rotatable bonds is 67. The van der Waals surface area contributed by atoms with Crippen LogP contribution in [-0.4, -0.2) is 74.3 Å². The maximum Gasteiger partial charge on any atom is 0.472 e. The molecule has 0 rings (SSSR count). The number of amides is 1. The van der Waals surface area contributed by atoms with Gasteiger partial charge in [-0.25, -0.2) is 4.57 Å². The summed E-state index contributed by atoms with van der Waals surface area (Å²) in [5, 5.41) is 3.06. The number of ether oxygens (including phenoxy) is 1. The van der Waals surface area contributed by atoms with E-state index >= 15 is 0 Å². The van der Waals surface area contributed by atoms with E-state index in [1.54, 1.807) is 0 Å². The molecule has 498 valence electrons. The lowest BCUT2D eigenvalue weighted by Crippen LogP contribution is -2.47. The van der Waals surface area contributed by atoms with Gasteiger partial charge in [0.1, 0.15) is 19.3 Å². The molecule has 85 heavy (non-hydrogen) atoms. The molecule has 3 atom stereocenters. The fraction of sp³-hybridized carbons (Fsp3) is 0.840. The number of likely N-dealkylation sites (N-methyl/N-ethyl adjacent to an activating group) is 1. The predicted octanol–water partition coefficient (Wildman–Crippen LogP) is 23.3. The van der Waals surface area contributed by atoms with E-state index in [2.05, 4.69) is 74.7 Å². The first-order chi connectivity index (χ1) is 41.4. The van der Waals surface area contributed by atoms with E-state index in [-0.39, 0.29) is 25.1 Å². The molecule has 0 fully saturated rings. The number of nitrogens with one attached hydrogen (secondary N) is 1. The van der Waals surface area contributed by atoms with Crippen molar-refractivity contribution in [3.63, 3.8) is 0 Å². The second-order valence-electron chi connectivity index (χ2n) is 26.1. The third-order valence-electron chi connectivity index (χ3n) is 16.5. The summed E-state index contributed by atoms with van der Waals surface area (Å²) in [5.41, 5.74) is 0. The van der Waals surface area contributed by atoms with Gasteiger partial charge in [-0.15, -0.1) is 0 Å². The second kappa shape index (κ2) is 64.7. The zero-order valence-corrected chi connectivity index (χ0v) is 58.0. The minimum absolute atomic E-state index is 0.0363. The molecule has 0 bridgehead atoms. The van der Waals surface area contributed by atoms with E-state index in [0.29, 0.717) is 23.9 Å². The van der Waals surface area contributed by atoms with Crippen molar-refractivity contribution in [2.24, 2.45) is 0 Å². The van der Waals surface area contributed by atoms with Crippen LogP contribution in [0.5, 0.6) is 0 Å². The number of phosphoric acid groups is 1. The van der Waals surface area contributed by atoms with Gasteiger partial charge in [-0.3, -0.25) is 18.6 Å². The molecular formula is C75H142N2O7P+. The topological polar surface area (TPSA) is 111 Å². The van der Waals surface area contributed by atoms with Crippen molar-refractivity contribution in [3.05, 3.63) is 60.8 Å². The Labute approximate surface area is 528 Å². The van der Waals surface area contributed by atoms with Gasteiger partial charge in [0.15, 0.2) is 0 Å². The highest BCUT2D eigenvalue weighted by molar-refractivity contribution is 7.47. The molecule has 0 radical (unpaired) electrons. The first-order valence-electron chi connectivity index (χ1n) is 36.6. The summed E-state index contributed by atoms with van der Waals surface area (Å²) >= 11 is 0. The van der Waals surface area contributed by atoms with Gasteiger partial charge < -0.3 is 19.4 Å². The molecule has 1 amide bonds. The summed E-state index contributed by atoms with van der Waals surface area (Å²) in [6.07, 6.45) is 83.9. The van der Waals surface area contributed by atoms with Crippen molar-refractivity contribution in [3.8, 4) is 0 Å². The molecule has 0 saturated carbocycles. The average molecular weight is 1210 g/mol. The quantitative estimate of drug-likeness (QED) is 0.0205. The third kappa shape index (κ3) is 66.0. The molecule has 0 spiro atoms. The van der Waals surface area contributed by atoms with Crippen LogP contribution in [0.3, 0.4) is 0 Å². The lowest BCUT2D eigenvalue weighted by atomic mass is 10.0. The SMILES string of the molecule is CCCCC/C=C\C/C=C\C/C=C\C/C=C\CCCCCCCC(=O)NC(COP(=O)(O)OCC[N+](C)(C)C)C(/C=C\CCCCCCCCCCC)OC(=O)CCCCCCCCCCCCCCCCCCCCCCCCCCCCC. The molecule has 0 aliphatic rings. The molecule has 10 heteroatoms. The lowest BCUT2D eigenvalue weighted by Gasteiger charge is -2.27. The van der Waals surface area contributed by atoms with Crippen LogP contribution < -0.4 is 5.32 Å². The Morgan fingerprint density at radius 2 is 0.718 bits per heavy atom. The molecule has 0 aromatic rings. The van der Waals surface area contributed by atoms with Crippen LogP contribution in [0.4, 0.5) is 0 Å². The van der Waals surface area contributed by atoms with Crippen molar-refractivity contribution in [1.82, 2.24) is 5.32 Å². The smallest absolute Gasteiger partial charge is 0.456 e. The van der Waals surface area contributed by atoms with Crippen LogP contribution in [0.1, 0.15) is 355 Å². The highest BCUT2D eigenvalue weighted by Crippen LogP contribution is 2.43. The predicted molar refractivity (Wildman–Crippen MR) is 369 cm³/mol. The van der Waals surface area contributed by atoms with Crippen LogP contribution in [0.15, 0.2) is 60.8 Å². The van der Waals surface area contributed by atoms with E-state index < -0.39 is 20.0 Å². The molecule has 9 nitrogen and oxygen atoms in total. The number of carbonyl (C=O) groups excluding carboxylic acids is 2. The maximum atomic E-state index is 13.6. The Bertz CT molecular complexity index is 1640. The number of hydrogen-bond donors (Lipinski definition) is 2. The van der Waals surface area contributed by atoms with E-state index in [9.17, 15) is 19.0 Å². The Morgan fingerprint density at radius 1 is 0.412 bits per heavy atom. The lowest BCUT2D eigenvalue weighted by molar-refractivity contribution is -0.870. The van der Waals surface area contributed by atoms with Gasteiger partial charge >= 0.3 is 13.8 Å². The molecule has 0 aromatic carbocycles. The number of carbonyl (C=O) groups is 2. The van der Waals surface area contributed by atoms with Crippen molar-refractivity contribution in [2.45, 2.75) is 367 Å². The minimum atomic E-state index is -4.46. The van der Waals surface area contributed by atoms with Crippen molar-refractivity contribution < 1.29 is 37.3 Å². The largest absolute Gasteiger partial charge is 0.472 e. The van der Waals surface area contributed by atoms with Gasteiger partial charge in [0, 0.05) is 12.8 Å². The van der Waals surface area contributed by atoms with Gasteiger partial charge in [0.05, 0.1) is 33.8 Å². The first-order valence-corrected chi connectivity index (χ1v) is 38.1. The monoisotopic (exact) mass is 1210 g/mol. The highest BCUT2D eigenvalue weighted by Gasteiger charge is 2.30. The molecule has 3 unspecified atom stereocenters. The van der Waals surface area contributed by atoms with E-state index in [1.807, 2.05) is 33.3 Å². The highest BCUT2D eigenvalue weighted by atomic mass is 31.2. The standard InChI is InChI=1S/C75H141N2O7P/c1-7-10-13-16-19-22-25-27-29-31-33-35-36-37-38-39-40-42-44-46-48-50-53-56-59-62-65-68-75(79)84-73(66-63-60-57-54-51-24-21-18-15-12-9-3)72(71-83-85(80,81)82-70-69-77(4,5)6)76-74(78)67-64-61-58-55-52-49-47-45-43-41-34-32-30-28-26-23-20-17-14-11-8-2/h20,23,28,30,34,41,45,47,63,66,72-73H,7-19,21-22,24-27,29,31-33,35-40,42-44,46,48-62,64-65,67-71H2,1-6H3,(H-,76,78,80,81)/p+1/b23-20-,30-28-,41-34-,47-45-,66-63-. The Hall–Kier alpha value is -2.29. The Kier molecular flexibility index (Phi) is 62.9. The summed E-state index contributed by atoms with van der Waals surface area (Å²) in [5.74, 6) is -0.513. The normalized spacial score (nSPS) is 13.8. The van der Waals surface area contributed by atoms with Crippen LogP contribution in [-0.2, 0) is 27.9 Å². The van der Waals surface area contributed by atoms with E-state index in [1.165, 1.54) is 225 Å². The molecule has 2 N–H and O–H groups in total. The van der Waals surface area contributed by atoms with Crippen LogP contribution in [0, 0.1) is 0 Å². The number of esters is 1. The van der Waals surface area contributed by atoms with Gasteiger partial charge in [-0.2, -0.15) is 0 Å². The van der Waals surface area contributed by atoms with Gasteiger partial charge in [-0.05, 0) is 76.7 Å². The molecule has 0 aliphatic heterocycles. The molecule has 0 saturated heterocycles. The van der Waals surface area contributed by atoms with Crippen LogP contribution in [0.2, 0.25) is 0 Å². The van der Waals surface area contributed by atoms with Gasteiger partial charge in [0.25, 0.3) is 0 Å². The summed E-state index contributed by atoms with van der Waals surface area (Å²) < 4.78 is 30.8. The number of unbranched alkanes of at least 4 members (excludes halogenated alkanes) is 43. The number of allylic oxidation sites excluding steroid dienone is 9. The fourth-order valence-corrected chi connectivity index (χ4v) is 11.5. The van der Waals surface area contributed by atoms with Gasteiger partial charge in [-0.1, -0.05) is 326 Å². The van der Waals surface area contributed by atoms with Crippen molar-refractivity contribution >= 4 is 19.7 Å². The zero-order chi connectivity index (χ0) is 62.1. The molecule has 0 heterocycles. The molecular weight excluding hydrogens is 1070 g/mol. The Balaban J connectivity index is 4.98. The van der Waals surface area contributed by atoms with E-state index in [0.717, 1.165) is 96.3 Å². The number of hydrogen-bond acceptors (Lipinski definition) is 6. The van der Waals surface area contributed by atoms with Crippen molar-refractivity contribution in [1.29, 1.82) is 0 Å². The van der Waals surface area contributed by atoms with Crippen LogP contribution >= 0.6 is 7.82 Å². The zero-order valence-electron chi connectivity index (χ0n) is 57.1. The minimum Gasteiger partial charge on any atom is -0.456 e. The fourth-order valence-electron chi connectivity index (χ4n) is 10.8. The second-order valence-corrected chi connectivity index (χ2v) is 27.6.